The van der Waals surface area contributed by atoms with E-state index < -0.39 is 24.6 Å². The molecule has 0 aliphatic heterocycles. The van der Waals surface area contributed by atoms with Crippen LogP contribution in [0.5, 0.6) is 5.75 Å². The molecule has 1 fully saturated rings. The molecule has 0 saturated heterocycles. The Labute approximate surface area is 126 Å². The van der Waals surface area contributed by atoms with E-state index >= 15 is 0 Å². The topological polar surface area (TPSA) is 64.6 Å². The molecule has 0 aromatic heterocycles. The fourth-order valence-electron chi connectivity index (χ4n) is 1.97. The second-order valence-corrected chi connectivity index (χ2v) is 5.07. The van der Waals surface area contributed by atoms with Crippen molar-refractivity contribution in [1.29, 1.82) is 0 Å². The molecule has 0 bridgehead atoms. The maximum absolute atomic E-state index is 12.3. The maximum atomic E-state index is 12.3. The van der Waals surface area contributed by atoms with Crippen molar-refractivity contribution in [3.05, 3.63) is 24.3 Å². The Morgan fingerprint density at radius 3 is 2.55 bits per heavy atom. The van der Waals surface area contributed by atoms with Crippen molar-refractivity contribution in [2.24, 2.45) is 5.92 Å². The molecule has 1 amide bonds. The number of amides is 1. The second-order valence-electron chi connectivity index (χ2n) is 5.07. The number of halogens is 2. The molecular formula is C15H17F2NO4. The highest BCUT2D eigenvalue weighted by Gasteiger charge is 2.29. The minimum atomic E-state index is -2.99. The van der Waals surface area contributed by atoms with E-state index in [1.165, 1.54) is 25.1 Å². The summed E-state index contributed by atoms with van der Waals surface area (Å²) < 4.78 is 34.0. The van der Waals surface area contributed by atoms with Gasteiger partial charge in [-0.1, -0.05) is 18.6 Å². The van der Waals surface area contributed by atoms with Crippen molar-refractivity contribution < 1.29 is 27.8 Å². The van der Waals surface area contributed by atoms with Crippen LogP contribution in [0.25, 0.3) is 0 Å². The van der Waals surface area contributed by atoms with E-state index in [9.17, 15) is 18.4 Å². The first kappa shape index (κ1) is 16.2. The Kier molecular flexibility index (Phi) is 5.30. The Hall–Kier alpha value is -2.18. The minimum absolute atomic E-state index is 0.0966. The molecule has 0 radical (unpaired) electrons. The lowest BCUT2D eigenvalue weighted by atomic mass is 9.86. The fraction of sp³-hybridized carbons (Fsp3) is 0.467. The number of carbonyl (C=O) groups excluding carboxylic acids is 2. The van der Waals surface area contributed by atoms with Gasteiger partial charge in [-0.3, -0.25) is 9.59 Å². The average molecular weight is 313 g/mol. The van der Waals surface area contributed by atoms with Crippen molar-refractivity contribution >= 4 is 17.6 Å². The normalized spacial score (nSPS) is 15.8. The van der Waals surface area contributed by atoms with Crippen molar-refractivity contribution in [1.82, 2.24) is 0 Å². The quantitative estimate of drug-likeness (QED) is 0.820. The molecule has 1 aliphatic rings. The summed E-state index contributed by atoms with van der Waals surface area (Å²) in [5.41, 5.74) is 0.0966. The van der Waals surface area contributed by atoms with Crippen LogP contribution in [0.1, 0.15) is 26.2 Å². The smallest absolute Gasteiger partial charge is 0.387 e. The number of benzene rings is 1. The Bertz CT molecular complexity index is 546. The zero-order valence-corrected chi connectivity index (χ0v) is 12.1. The van der Waals surface area contributed by atoms with Gasteiger partial charge in [-0.05, 0) is 31.9 Å². The van der Waals surface area contributed by atoms with Gasteiger partial charge in [0, 0.05) is 0 Å². The van der Waals surface area contributed by atoms with Gasteiger partial charge in [0.2, 0.25) is 0 Å². The lowest BCUT2D eigenvalue weighted by Gasteiger charge is -2.25. The number of nitrogens with one attached hydrogen (secondary N) is 1. The van der Waals surface area contributed by atoms with Gasteiger partial charge in [-0.2, -0.15) is 8.78 Å². The van der Waals surface area contributed by atoms with Gasteiger partial charge in [0.05, 0.1) is 11.6 Å². The monoisotopic (exact) mass is 313 g/mol. The van der Waals surface area contributed by atoms with Gasteiger partial charge >= 0.3 is 12.6 Å². The molecule has 1 aromatic carbocycles. The summed E-state index contributed by atoms with van der Waals surface area (Å²) in [7, 11) is 0. The van der Waals surface area contributed by atoms with Crippen LogP contribution in [0.15, 0.2) is 24.3 Å². The summed E-state index contributed by atoms with van der Waals surface area (Å²) in [6.07, 6.45) is 1.53. The predicted molar refractivity (Wildman–Crippen MR) is 74.6 cm³/mol. The van der Waals surface area contributed by atoms with E-state index in [0.717, 1.165) is 19.3 Å². The van der Waals surface area contributed by atoms with Gasteiger partial charge < -0.3 is 14.8 Å². The number of anilines is 1. The number of hydrogen-bond acceptors (Lipinski definition) is 4. The van der Waals surface area contributed by atoms with Crippen molar-refractivity contribution in [2.75, 3.05) is 5.32 Å². The Morgan fingerprint density at radius 1 is 1.27 bits per heavy atom. The van der Waals surface area contributed by atoms with E-state index in [4.69, 9.17) is 4.74 Å². The van der Waals surface area contributed by atoms with E-state index in [1.807, 2.05) is 0 Å². The highest BCUT2D eigenvalue weighted by molar-refractivity contribution is 5.96. The molecule has 0 heterocycles. The SMILES string of the molecule is CC(OC(=O)C1CCC1)C(=O)Nc1ccccc1OC(F)F. The van der Waals surface area contributed by atoms with Crippen molar-refractivity contribution in [3.8, 4) is 5.75 Å². The second kappa shape index (κ2) is 7.20. The first-order valence-electron chi connectivity index (χ1n) is 7.02. The molecule has 5 nitrogen and oxygen atoms in total. The number of hydrogen-bond donors (Lipinski definition) is 1. The number of carbonyl (C=O) groups is 2. The third kappa shape index (κ3) is 4.16. The molecular weight excluding hydrogens is 296 g/mol. The van der Waals surface area contributed by atoms with Crippen LogP contribution in [-0.2, 0) is 14.3 Å². The van der Waals surface area contributed by atoms with Gasteiger partial charge in [0.15, 0.2) is 6.10 Å². The number of para-hydroxylation sites is 2. The first-order valence-corrected chi connectivity index (χ1v) is 7.02. The largest absolute Gasteiger partial charge is 0.452 e. The Balaban J connectivity index is 1.94. The number of ether oxygens (including phenoxy) is 2. The molecule has 1 aliphatic carbocycles. The summed E-state index contributed by atoms with van der Waals surface area (Å²) in [5.74, 6) is -1.28. The third-order valence-electron chi connectivity index (χ3n) is 3.46. The third-order valence-corrected chi connectivity index (χ3v) is 3.46. The van der Waals surface area contributed by atoms with E-state index in [2.05, 4.69) is 10.1 Å². The van der Waals surface area contributed by atoms with Gasteiger partial charge in [0.25, 0.3) is 5.91 Å². The molecule has 2 rings (SSSR count). The van der Waals surface area contributed by atoms with Gasteiger partial charge in [-0.15, -0.1) is 0 Å². The van der Waals surface area contributed by atoms with Crippen LogP contribution in [0.4, 0.5) is 14.5 Å². The van der Waals surface area contributed by atoms with Gasteiger partial charge in [0.1, 0.15) is 5.75 Å². The molecule has 22 heavy (non-hydrogen) atoms. The van der Waals surface area contributed by atoms with Crippen LogP contribution in [-0.4, -0.2) is 24.6 Å². The molecule has 1 saturated carbocycles. The maximum Gasteiger partial charge on any atom is 0.387 e. The van der Waals surface area contributed by atoms with E-state index in [-0.39, 0.29) is 17.4 Å². The fourth-order valence-corrected chi connectivity index (χ4v) is 1.97. The van der Waals surface area contributed by atoms with Gasteiger partial charge in [-0.25, -0.2) is 0 Å². The van der Waals surface area contributed by atoms with E-state index in [1.54, 1.807) is 6.07 Å². The molecule has 7 heteroatoms. The van der Waals surface area contributed by atoms with Crippen LogP contribution < -0.4 is 10.1 Å². The van der Waals surface area contributed by atoms with Crippen LogP contribution in [0.2, 0.25) is 0 Å². The summed E-state index contributed by atoms with van der Waals surface area (Å²) in [4.78, 5) is 23.7. The zero-order chi connectivity index (χ0) is 16.1. The summed E-state index contributed by atoms with van der Waals surface area (Å²) in [6, 6.07) is 5.81. The highest BCUT2D eigenvalue weighted by atomic mass is 19.3. The predicted octanol–water partition coefficient (Wildman–Crippen LogP) is 2.96. The van der Waals surface area contributed by atoms with Crippen LogP contribution in [0, 0.1) is 5.92 Å². The highest BCUT2D eigenvalue weighted by Crippen LogP contribution is 2.28. The van der Waals surface area contributed by atoms with E-state index in [0.29, 0.717) is 0 Å². The molecule has 1 N–H and O–H groups in total. The molecule has 120 valence electrons. The molecule has 0 spiro atoms. The summed E-state index contributed by atoms with van der Waals surface area (Å²) in [5, 5.41) is 2.42. The summed E-state index contributed by atoms with van der Waals surface area (Å²) in [6.45, 7) is -1.56. The zero-order valence-electron chi connectivity index (χ0n) is 12.1. The average Bonchev–Trinajstić information content (AvgIpc) is 2.38. The van der Waals surface area contributed by atoms with Crippen LogP contribution >= 0.6 is 0 Å². The molecule has 1 unspecified atom stereocenters. The number of esters is 1. The molecule has 1 aromatic rings. The van der Waals surface area contributed by atoms with Crippen molar-refractivity contribution in [3.63, 3.8) is 0 Å². The lowest BCUT2D eigenvalue weighted by Crippen LogP contribution is -2.34. The lowest BCUT2D eigenvalue weighted by molar-refractivity contribution is -0.159. The minimum Gasteiger partial charge on any atom is -0.452 e. The first-order chi connectivity index (χ1) is 10.5. The Morgan fingerprint density at radius 2 is 1.95 bits per heavy atom. The summed E-state index contributed by atoms with van der Waals surface area (Å²) >= 11 is 0. The standard InChI is InChI=1S/C15H17F2NO4/c1-9(21-14(20)10-5-4-6-10)13(19)18-11-7-2-3-8-12(11)22-15(16)17/h2-3,7-10,15H,4-6H2,1H3,(H,18,19). The number of rotatable bonds is 6. The van der Waals surface area contributed by atoms with Crippen molar-refractivity contribution in [2.45, 2.75) is 38.9 Å². The number of alkyl halides is 2. The molecule has 1 atom stereocenters. The van der Waals surface area contributed by atoms with Crippen LogP contribution in [0.3, 0.4) is 0 Å².